The Morgan fingerprint density at radius 1 is 1.00 bits per heavy atom. The van der Waals surface area contributed by atoms with Crippen LogP contribution in [0.15, 0.2) is 42.5 Å². The number of carboxylic acid groups (broad SMARTS) is 1. The number of alkyl carbamates (subject to hydrolysis) is 1. The van der Waals surface area contributed by atoms with Crippen molar-refractivity contribution in [2.45, 2.75) is 71.4 Å². The molecule has 0 spiro atoms. The summed E-state index contributed by atoms with van der Waals surface area (Å²) in [6.07, 6.45) is 2.51. The number of aryl methyl sites for hydroxylation is 1. The lowest BCUT2D eigenvalue weighted by molar-refractivity contribution is -0.142. The fraction of sp³-hybridized carbons (Fsp3) is 0.484. The van der Waals surface area contributed by atoms with Crippen LogP contribution in [0.3, 0.4) is 0 Å². The molecule has 1 fully saturated rings. The first kappa shape index (κ1) is 30.7. The number of hydrogen-bond acceptors (Lipinski definition) is 6. The summed E-state index contributed by atoms with van der Waals surface area (Å²) >= 11 is 0. The van der Waals surface area contributed by atoms with E-state index < -0.39 is 29.7 Å². The number of ether oxygens (including phenoxy) is 2. The van der Waals surface area contributed by atoms with Gasteiger partial charge in [-0.2, -0.15) is 0 Å². The van der Waals surface area contributed by atoms with Gasteiger partial charge in [0.05, 0.1) is 12.7 Å². The molecule has 2 aromatic rings. The Kier molecular flexibility index (Phi) is 10.3. The lowest BCUT2D eigenvalue weighted by atomic mass is 9.81. The molecule has 0 heterocycles. The van der Waals surface area contributed by atoms with Gasteiger partial charge in [-0.15, -0.1) is 0 Å². The number of nitrogens with one attached hydrogen (secondary N) is 2. The summed E-state index contributed by atoms with van der Waals surface area (Å²) in [6, 6.07) is 11.7. The van der Waals surface area contributed by atoms with E-state index in [1.165, 1.54) is 7.11 Å². The molecule has 0 saturated heterocycles. The minimum atomic E-state index is -1.09. The molecule has 1 aliphatic rings. The second-order valence-electron chi connectivity index (χ2n) is 11.4. The van der Waals surface area contributed by atoms with Crippen LogP contribution >= 0.6 is 0 Å². The van der Waals surface area contributed by atoms with Gasteiger partial charge in [-0.05, 0) is 93.7 Å². The molecule has 0 radical (unpaired) electrons. The Bertz CT molecular complexity index is 1210. The number of hydrogen-bond donors (Lipinski definition) is 3. The molecule has 0 unspecified atom stereocenters. The molecule has 3 rings (SSSR count). The number of benzene rings is 2. The minimum Gasteiger partial charge on any atom is -0.480 e. The highest BCUT2D eigenvalue weighted by Crippen LogP contribution is 2.29. The molecular weight excluding hydrogens is 512 g/mol. The summed E-state index contributed by atoms with van der Waals surface area (Å²) in [6.45, 7) is 7.87. The summed E-state index contributed by atoms with van der Waals surface area (Å²) in [5.41, 5.74) is 3.44. The van der Waals surface area contributed by atoms with Crippen LogP contribution in [0.4, 0.5) is 4.79 Å². The lowest BCUT2D eigenvalue weighted by Crippen LogP contribution is -2.46. The molecule has 1 saturated carbocycles. The number of rotatable bonds is 9. The van der Waals surface area contributed by atoms with Crippen LogP contribution in [0, 0.1) is 18.8 Å². The quantitative estimate of drug-likeness (QED) is 0.378. The van der Waals surface area contributed by atoms with Gasteiger partial charge >= 0.3 is 18.0 Å². The highest BCUT2D eigenvalue weighted by atomic mass is 16.6. The summed E-state index contributed by atoms with van der Waals surface area (Å²) in [5.74, 6) is -1.76. The Hall–Kier alpha value is -3.88. The largest absolute Gasteiger partial charge is 0.480 e. The van der Waals surface area contributed by atoms with Crippen LogP contribution in [-0.4, -0.2) is 54.3 Å². The highest BCUT2D eigenvalue weighted by Gasteiger charge is 2.30. The molecule has 9 nitrogen and oxygen atoms in total. The molecule has 9 heteroatoms. The fourth-order valence-corrected chi connectivity index (χ4v) is 4.89. The molecule has 0 aliphatic heterocycles. The van der Waals surface area contributed by atoms with Crippen LogP contribution in [-0.2, 0) is 25.5 Å². The summed E-state index contributed by atoms with van der Waals surface area (Å²) in [5, 5.41) is 15.3. The smallest absolute Gasteiger partial charge is 0.407 e. The van der Waals surface area contributed by atoms with E-state index in [-0.39, 0.29) is 24.2 Å². The minimum absolute atomic E-state index is 0.150. The first-order valence-electron chi connectivity index (χ1n) is 13.6. The molecule has 40 heavy (non-hydrogen) atoms. The van der Waals surface area contributed by atoms with Crippen molar-refractivity contribution in [3.63, 3.8) is 0 Å². The monoisotopic (exact) mass is 552 g/mol. The predicted molar refractivity (Wildman–Crippen MR) is 151 cm³/mol. The van der Waals surface area contributed by atoms with Crippen LogP contribution < -0.4 is 10.6 Å². The van der Waals surface area contributed by atoms with Gasteiger partial charge in [0.25, 0.3) is 0 Å². The zero-order valence-electron chi connectivity index (χ0n) is 23.9. The van der Waals surface area contributed by atoms with E-state index in [1.807, 2.05) is 58.0 Å². The molecule has 2 aromatic carbocycles. The molecule has 0 bridgehead atoms. The first-order chi connectivity index (χ1) is 18.9. The van der Waals surface area contributed by atoms with Crippen LogP contribution in [0.5, 0.6) is 0 Å². The Labute approximate surface area is 235 Å². The normalized spacial score (nSPS) is 17.8. The second-order valence-corrected chi connectivity index (χ2v) is 11.4. The van der Waals surface area contributed by atoms with Crippen LogP contribution in [0.1, 0.15) is 67.9 Å². The zero-order valence-corrected chi connectivity index (χ0v) is 23.9. The molecular formula is C31H40N2O7. The SMILES string of the molecule is COC(=O)c1ccc(C)c(-c2ccc(C[C@H](NC(=O)C3CCC(CNC(=O)OC(C)(C)C)CC3)C(=O)O)cc2)c1. The number of carboxylic acids is 1. The zero-order chi connectivity index (χ0) is 29.4. The van der Waals surface area contributed by atoms with E-state index in [2.05, 4.69) is 10.6 Å². The van der Waals surface area contributed by atoms with E-state index in [9.17, 15) is 24.3 Å². The number of esters is 1. The van der Waals surface area contributed by atoms with Crippen molar-refractivity contribution in [1.82, 2.24) is 10.6 Å². The average molecular weight is 553 g/mol. The van der Waals surface area contributed by atoms with Crippen molar-refractivity contribution in [1.29, 1.82) is 0 Å². The second kappa shape index (κ2) is 13.5. The molecule has 2 amide bonds. The number of amides is 2. The number of carbonyl (C=O) groups is 4. The van der Waals surface area contributed by atoms with Gasteiger partial charge in [0.2, 0.25) is 5.91 Å². The van der Waals surface area contributed by atoms with E-state index >= 15 is 0 Å². The Balaban J connectivity index is 1.54. The van der Waals surface area contributed by atoms with E-state index in [0.29, 0.717) is 24.9 Å². The van der Waals surface area contributed by atoms with Crippen molar-refractivity contribution < 1.29 is 33.8 Å². The van der Waals surface area contributed by atoms with Crippen molar-refractivity contribution in [3.05, 3.63) is 59.2 Å². The maximum atomic E-state index is 12.9. The number of carbonyl (C=O) groups excluding carboxylic acids is 3. The lowest BCUT2D eigenvalue weighted by Gasteiger charge is -2.29. The van der Waals surface area contributed by atoms with Crippen LogP contribution in [0.2, 0.25) is 0 Å². The van der Waals surface area contributed by atoms with Crippen molar-refractivity contribution in [3.8, 4) is 11.1 Å². The first-order valence-corrected chi connectivity index (χ1v) is 13.6. The highest BCUT2D eigenvalue weighted by molar-refractivity contribution is 5.91. The maximum Gasteiger partial charge on any atom is 0.407 e. The molecule has 0 aromatic heterocycles. The number of aliphatic carboxylic acids is 1. The summed E-state index contributed by atoms with van der Waals surface area (Å²) in [7, 11) is 1.34. The third kappa shape index (κ3) is 8.83. The molecule has 1 atom stereocenters. The third-order valence-corrected chi connectivity index (χ3v) is 7.13. The average Bonchev–Trinajstić information content (AvgIpc) is 2.91. The predicted octanol–water partition coefficient (Wildman–Crippen LogP) is 4.89. The van der Waals surface area contributed by atoms with Crippen molar-refractivity contribution in [2.24, 2.45) is 11.8 Å². The van der Waals surface area contributed by atoms with E-state index in [0.717, 1.165) is 35.1 Å². The topological polar surface area (TPSA) is 131 Å². The molecule has 1 aliphatic carbocycles. The van der Waals surface area contributed by atoms with Crippen LogP contribution in [0.25, 0.3) is 11.1 Å². The Morgan fingerprint density at radius 2 is 1.65 bits per heavy atom. The Morgan fingerprint density at radius 3 is 2.23 bits per heavy atom. The third-order valence-electron chi connectivity index (χ3n) is 7.13. The van der Waals surface area contributed by atoms with Gasteiger partial charge < -0.3 is 25.2 Å². The van der Waals surface area contributed by atoms with Gasteiger partial charge in [-0.25, -0.2) is 14.4 Å². The fourth-order valence-electron chi connectivity index (χ4n) is 4.89. The van der Waals surface area contributed by atoms with Gasteiger partial charge in [0.1, 0.15) is 11.6 Å². The van der Waals surface area contributed by atoms with Gasteiger partial charge in [-0.1, -0.05) is 30.3 Å². The standard InChI is InChI=1S/C31H40N2O7/c1-19-6-11-24(29(37)39-5)17-25(19)22-12-7-20(8-13-22)16-26(28(35)36)33-27(34)23-14-9-21(10-15-23)18-32-30(38)40-31(2,3)4/h6-8,11-13,17,21,23,26H,9-10,14-16,18H2,1-5H3,(H,32,38)(H,33,34)(H,35,36)/t21?,23?,26-/m0/s1. The van der Waals surface area contributed by atoms with E-state index in [4.69, 9.17) is 9.47 Å². The van der Waals surface area contributed by atoms with Crippen molar-refractivity contribution in [2.75, 3.05) is 13.7 Å². The molecule has 3 N–H and O–H groups in total. The van der Waals surface area contributed by atoms with Gasteiger partial charge in [0, 0.05) is 18.9 Å². The van der Waals surface area contributed by atoms with Crippen molar-refractivity contribution >= 4 is 23.9 Å². The van der Waals surface area contributed by atoms with E-state index in [1.54, 1.807) is 12.1 Å². The van der Waals surface area contributed by atoms with Gasteiger partial charge in [-0.3, -0.25) is 4.79 Å². The van der Waals surface area contributed by atoms with Gasteiger partial charge in [0.15, 0.2) is 0 Å². The number of methoxy groups -OCH3 is 1. The maximum absolute atomic E-state index is 12.9. The summed E-state index contributed by atoms with van der Waals surface area (Å²) in [4.78, 5) is 48.7. The molecule has 216 valence electrons. The summed E-state index contributed by atoms with van der Waals surface area (Å²) < 4.78 is 10.1.